The molecule has 1 aliphatic heterocycles. The first kappa shape index (κ1) is 16.5. The minimum atomic E-state index is -4.43. The molecule has 20 heavy (non-hydrogen) atoms. The van der Waals surface area contributed by atoms with Crippen LogP contribution in [-0.4, -0.2) is 71.7 Å². The second-order valence-corrected chi connectivity index (χ2v) is 4.30. The molecule has 2 atom stereocenters. The van der Waals surface area contributed by atoms with E-state index in [2.05, 4.69) is 10.1 Å². The van der Waals surface area contributed by atoms with Gasteiger partial charge in [0, 0.05) is 19.5 Å². The second-order valence-electron chi connectivity index (χ2n) is 4.30. The van der Waals surface area contributed by atoms with Crippen molar-refractivity contribution < 1.29 is 37.7 Å². The molecule has 0 spiro atoms. The molecule has 0 aromatic carbocycles. The maximum Gasteiger partial charge on any atom is 0.411 e. The second kappa shape index (κ2) is 6.75. The topological polar surface area (TPSA) is 99.1 Å². The number of alkyl halides is 3. The predicted octanol–water partition coefficient (Wildman–Crippen LogP) is -0.205. The SMILES string of the molecule is O=C(O)[C@@H]1C[C@H](O)CN1C(=O)NCCOCC(F)(F)F. The molecule has 0 bridgehead atoms. The highest BCUT2D eigenvalue weighted by molar-refractivity contribution is 5.83. The van der Waals surface area contributed by atoms with Crippen molar-refractivity contribution in [2.75, 3.05) is 26.3 Å². The third-order valence-corrected chi connectivity index (χ3v) is 2.61. The lowest BCUT2D eigenvalue weighted by Crippen LogP contribution is -2.47. The van der Waals surface area contributed by atoms with Crippen LogP contribution in [0.1, 0.15) is 6.42 Å². The first-order valence-electron chi connectivity index (χ1n) is 5.80. The Morgan fingerprint density at radius 1 is 1.40 bits per heavy atom. The van der Waals surface area contributed by atoms with Crippen molar-refractivity contribution >= 4 is 12.0 Å². The number of urea groups is 1. The van der Waals surface area contributed by atoms with Crippen molar-refractivity contribution in [1.29, 1.82) is 0 Å². The standard InChI is InChI=1S/C10H15F3N2O5/c11-10(12,13)5-20-2-1-14-9(19)15-4-6(16)3-7(15)8(17)18/h6-7,16H,1-5H2,(H,14,19)(H,17,18)/t6-,7-/m0/s1. The van der Waals surface area contributed by atoms with Crippen molar-refractivity contribution in [2.45, 2.75) is 24.7 Å². The third-order valence-electron chi connectivity index (χ3n) is 2.61. The van der Waals surface area contributed by atoms with Crippen LogP contribution in [0.25, 0.3) is 0 Å². The summed E-state index contributed by atoms with van der Waals surface area (Å²) in [7, 11) is 0. The van der Waals surface area contributed by atoms with Gasteiger partial charge in [0.1, 0.15) is 12.6 Å². The van der Waals surface area contributed by atoms with E-state index in [0.717, 1.165) is 4.90 Å². The number of ether oxygens (including phenoxy) is 1. The van der Waals surface area contributed by atoms with E-state index in [9.17, 15) is 27.9 Å². The number of likely N-dealkylation sites (tertiary alicyclic amines) is 1. The Bertz CT molecular complexity index is 363. The van der Waals surface area contributed by atoms with Gasteiger partial charge in [-0.2, -0.15) is 13.2 Å². The largest absolute Gasteiger partial charge is 0.480 e. The van der Waals surface area contributed by atoms with Gasteiger partial charge < -0.3 is 25.2 Å². The minimum absolute atomic E-state index is 0.0761. The van der Waals surface area contributed by atoms with Crippen LogP contribution < -0.4 is 5.32 Å². The molecular weight excluding hydrogens is 285 g/mol. The Hall–Kier alpha value is -1.55. The van der Waals surface area contributed by atoms with Crippen LogP contribution in [0.3, 0.4) is 0 Å². The first-order valence-corrected chi connectivity index (χ1v) is 5.80. The van der Waals surface area contributed by atoms with E-state index in [4.69, 9.17) is 5.11 Å². The first-order chi connectivity index (χ1) is 9.20. The van der Waals surface area contributed by atoms with Crippen LogP contribution in [0.5, 0.6) is 0 Å². The van der Waals surface area contributed by atoms with Crippen LogP contribution >= 0.6 is 0 Å². The van der Waals surface area contributed by atoms with Crippen molar-refractivity contribution in [3.05, 3.63) is 0 Å². The summed E-state index contributed by atoms with van der Waals surface area (Å²) in [5.41, 5.74) is 0. The van der Waals surface area contributed by atoms with Crippen LogP contribution in [-0.2, 0) is 9.53 Å². The summed E-state index contributed by atoms with van der Waals surface area (Å²) in [5.74, 6) is -1.25. The third kappa shape index (κ3) is 5.21. The Morgan fingerprint density at radius 2 is 2.05 bits per heavy atom. The lowest BCUT2D eigenvalue weighted by Gasteiger charge is -2.21. The summed E-state index contributed by atoms with van der Waals surface area (Å²) in [6, 6.07) is -1.90. The van der Waals surface area contributed by atoms with Gasteiger partial charge in [-0.05, 0) is 0 Å². The normalized spacial score (nSPS) is 22.9. The summed E-state index contributed by atoms with van der Waals surface area (Å²) in [4.78, 5) is 23.4. The number of aliphatic hydroxyl groups excluding tert-OH is 1. The van der Waals surface area contributed by atoms with E-state index in [1.165, 1.54) is 0 Å². The molecule has 1 heterocycles. The quantitative estimate of drug-likeness (QED) is 0.610. The van der Waals surface area contributed by atoms with Gasteiger partial charge in [0.2, 0.25) is 0 Å². The smallest absolute Gasteiger partial charge is 0.411 e. The highest BCUT2D eigenvalue weighted by Gasteiger charge is 2.38. The zero-order valence-electron chi connectivity index (χ0n) is 10.4. The average molecular weight is 300 g/mol. The Morgan fingerprint density at radius 3 is 2.60 bits per heavy atom. The van der Waals surface area contributed by atoms with Crippen LogP contribution in [0, 0.1) is 0 Å². The van der Waals surface area contributed by atoms with Crippen molar-refractivity contribution in [2.24, 2.45) is 0 Å². The van der Waals surface area contributed by atoms with E-state index in [1.807, 2.05) is 0 Å². The molecule has 0 unspecified atom stereocenters. The van der Waals surface area contributed by atoms with Crippen LogP contribution in [0.4, 0.5) is 18.0 Å². The van der Waals surface area contributed by atoms with Gasteiger partial charge in [-0.15, -0.1) is 0 Å². The molecule has 0 aromatic rings. The van der Waals surface area contributed by atoms with Gasteiger partial charge in [-0.1, -0.05) is 0 Å². The van der Waals surface area contributed by atoms with Crippen molar-refractivity contribution in [3.63, 3.8) is 0 Å². The number of carbonyl (C=O) groups is 2. The molecule has 2 amide bonds. The summed E-state index contributed by atoms with van der Waals surface area (Å²) < 4.78 is 39.6. The van der Waals surface area contributed by atoms with Gasteiger partial charge in [0.15, 0.2) is 0 Å². The molecule has 1 saturated heterocycles. The van der Waals surface area contributed by atoms with E-state index in [-0.39, 0.29) is 26.1 Å². The number of β-amino-alcohol motifs (C(OH)–C–C–N with tert-alkyl or cyclic N) is 1. The van der Waals surface area contributed by atoms with Gasteiger partial charge in [-0.25, -0.2) is 9.59 Å². The highest BCUT2D eigenvalue weighted by Crippen LogP contribution is 2.18. The van der Waals surface area contributed by atoms with Crippen molar-refractivity contribution in [1.82, 2.24) is 10.2 Å². The van der Waals surface area contributed by atoms with Crippen molar-refractivity contribution in [3.8, 4) is 0 Å². The Kier molecular flexibility index (Phi) is 5.57. The number of hydrogen-bond acceptors (Lipinski definition) is 4. The van der Waals surface area contributed by atoms with Gasteiger partial charge >= 0.3 is 18.2 Å². The summed E-state index contributed by atoms with van der Waals surface area (Å²) in [5, 5.41) is 20.4. The Balaban J connectivity index is 2.30. The Labute approximate surface area is 112 Å². The minimum Gasteiger partial charge on any atom is -0.480 e. The summed E-state index contributed by atoms with van der Waals surface area (Å²) >= 11 is 0. The number of hydrogen-bond donors (Lipinski definition) is 3. The predicted molar refractivity (Wildman–Crippen MR) is 59.0 cm³/mol. The molecule has 10 heteroatoms. The number of carbonyl (C=O) groups excluding carboxylic acids is 1. The van der Waals surface area contributed by atoms with Crippen LogP contribution in [0.2, 0.25) is 0 Å². The maximum absolute atomic E-state index is 11.8. The van der Waals surface area contributed by atoms with Crippen LogP contribution in [0.15, 0.2) is 0 Å². The van der Waals surface area contributed by atoms with Gasteiger partial charge in [-0.3, -0.25) is 0 Å². The lowest BCUT2D eigenvalue weighted by atomic mass is 10.2. The fourth-order valence-corrected chi connectivity index (χ4v) is 1.79. The lowest BCUT2D eigenvalue weighted by molar-refractivity contribution is -0.173. The fraction of sp³-hybridized carbons (Fsp3) is 0.800. The van der Waals surface area contributed by atoms with E-state index >= 15 is 0 Å². The number of carboxylic acids is 1. The zero-order chi connectivity index (χ0) is 15.3. The number of aliphatic hydroxyl groups is 1. The number of aliphatic carboxylic acids is 1. The number of carboxylic acid groups (broad SMARTS) is 1. The molecule has 0 saturated carbocycles. The average Bonchev–Trinajstić information content (AvgIpc) is 2.69. The summed E-state index contributed by atoms with van der Waals surface area (Å²) in [6.45, 7) is -2.08. The molecule has 3 N–H and O–H groups in total. The molecule has 0 aliphatic carbocycles. The number of rotatable bonds is 5. The molecule has 7 nitrogen and oxygen atoms in total. The summed E-state index contributed by atoms with van der Waals surface area (Å²) in [6.07, 6.45) is -5.44. The number of amides is 2. The zero-order valence-corrected chi connectivity index (χ0v) is 10.4. The molecule has 0 aromatic heterocycles. The molecule has 116 valence electrons. The highest BCUT2D eigenvalue weighted by atomic mass is 19.4. The van der Waals surface area contributed by atoms with E-state index in [0.29, 0.717) is 0 Å². The number of halogens is 3. The molecule has 0 radical (unpaired) electrons. The fourth-order valence-electron chi connectivity index (χ4n) is 1.79. The molecule has 1 aliphatic rings. The van der Waals surface area contributed by atoms with E-state index in [1.54, 1.807) is 0 Å². The van der Waals surface area contributed by atoms with Gasteiger partial charge in [0.05, 0.1) is 12.7 Å². The van der Waals surface area contributed by atoms with Gasteiger partial charge in [0.25, 0.3) is 0 Å². The monoisotopic (exact) mass is 300 g/mol. The molecular formula is C10H15F3N2O5. The molecule has 1 fully saturated rings. The number of nitrogens with one attached hydrogen (secondary N) is 1. The number of nitrogens with zero attached hydrogens (tertiary/aromatic N) is 1. The molecule has 1 rings (SSSR count). The maximum atomic E-state index is 11.8. The van der Waals surface area contributed by atoms with E-state index < -0.39 is 36.9 Å².